The van der Waals surface area contributed by atoms with Crippen LogP contribution in [0.3, 0.4) is 0 Å². The number of nitriles is 1. The van der Waals surface area contributed by atoms with Crippen molar-refractivity contribution in [3.63, 3.8) is 0 Å². The van der Waals surface area contributed by atoms with Crippen molar-refractivity contribution >= 4 is 24.8 Å². The van der Waals surface area contributed by atoms with Crippen LogP contribution < -0.4 is 9.05 Å². The molecule has 0 N–H and O–H groups in total. The summed E-state index contributed by atoms with van der Waals surface area (Å²) in [6, 6.07) is 28.9. The SMILES string of the molecule is N#CCN(CP(=O)(Oc1ccccc1)Oc1ccccc1)C(=S)c1ccccc1. The quantitative estimate of drug-likeness (QED) is 0.272. The van der Waals surface area contributed by atoms with Crippen LogP contribution in [-0.4, -0.2) is 22.7 Å². The van der Waals surface area contributed by atoms with Crippen molar-refractivity contribution in [1.29, 1.82) is 5.26 Å². The molecule has 0 aliphatic rings. The summed E-state index contributed by atoms with van der Waals surface area (Å²) in [5, 5.41) is 9.29. The first kappa shape index (κ1) is 20.6. The molecule has 0 fully saturated rings. The molecule has 0 saturated carbocycles. The van der Waals surface area contributed by atoms with Crippen LogP contribution >= 0.6 is 19.8 Å². The summed E-state index contributed by atoms with van der Waals surface area (Å²) in [7, 11) is -3.74. The van der Waals surface area contributed by atoms with Gasteiger partial charge in [-0.25, -0.2) is 4.57 Å². The molecule has 7 heteroatoms. The summed E-state index contributed by atoms with van der Waals surface area (Å²) >= 11 is 5.55. The standard InChI is InChI=1S/C22H19N2O3PS/c23-16-17-24(22(29)19-10-4-1-5-11-19)18-28(25,26-20-12-6-2-7-13-20)27-21-14-8-3-9-15-21/h1-15H,17-18H2. The summed E-state index contributed by atoms with van der Waals surface area (Å²) in [5.41, 5.74) is 0.753. The second-order valence-electron chi connectivity index (χ2n) is 6.09. The molecule has 3 aromatic rings. The van der Waals surface area contributed by atoms with Gasteiger partial charge in [-0.15, -0.1) is 0 Å². The fraction of sp³-hybridized carbons (Fsp3) is 0.0909. The first-order chi connectivity index (χ1) is 14.1. The Morgan fingerprint density at radius 2 is 1.31 bits per heavy atom. The van der Waals surface area contributed by atoms with Crippen LogP contribution in [0.4, 0.5) is 0 Å². The summed E-state index contributed by atoms with van der Waals surface area (Å²) in [6.45, 7) is -0.0476. The summed E-state index contributed by atoms with van der Waals surface area (Å²) in [4.78, 5) is 1.94. The lowest BCUT2D eigenvalue weighted by atomic mass is 10.2. The normalized spacial score (nSPS) is 10.6. The second kappa shape index (κ2) is 9.88. The van der Waals surface area contributed by atoms with E-state index in [1.807, 2.05) is 42.5 Å². The molecule has 29 heavy (non-hydrogen) atoms. The van der Waals surface area contributed by atoms with Gasteiger partial charge in [0.15, 0.2) is 0 Å². The smallest absolute Gasteiger partial charge is 0.415 e. The van der Waals surface area contributed by atoms with Gasteiger partial charge in [0.2, 0.25) is 0 Å². The Balaban J connectivity index is 1.90. The van der Waals surface area contributed by atoms with Gasteiger partial charge >= 0.3 is 7.60 Å². The number of benzene rings is 3. The molecule has 0 aromatic heterocycles. The zero-order chi connectivity index (χ0) is 20.5. The zero-order valence-electron chi connectivity index (χ0n) is 15.5. The van der Waals surface area contributed by atoms with Gasteiger partial charge < -0.3 is 13.9 Å². The number of thiocarbonyl (C=S) groups is 1. The third kappa shape index (κ3) is 5.92. The fourth-order valence-corrected chi connectivity index (χ4v) is 4.66. The topological polar surface area (TPSA) is 62.6 Å². The number of hydrogen-bond donors (Lipinski definition) is 0. The van der Waals surface area contributed by atoms with Gasteiger partial charge in [-0.05, 0) is 24.3 Å². The molecule has 0 aliphatic carbocycles. The van der Waals surface area contributed by atoms with Gasteiger partial charge in [0.25, 0.3) is 0 Å². The highest BCUT2D eigenvalue weighted by Crippen LogP contribution is 2.49. The van der Waals surface area contributed by atoms with Gasteiger partial charge in [-0.3, -0.25) is 0 Å². The molecule has 0 atom stereocenters. The van der Waals surface area contributed by atoms with Crippen LogP contribution in [0.1, 0.15) is 5.56 Å². The molecule has 0 unspecified atom stereocenters. The molecule has 0 aliphatic heterocycles. The molecule has 3 rings (SSSR count). The number of rotatable bonds is 8. The van der Waals surface area contributed by atoms with Crippen molar-refractivity contribution in [2.75, 3.05) is 12.8 Å². The lowest BCUT2D eigenvalue weighted by Crippen LogP contribution is -2.33. The van der Waals surface area contributed by atoms with Crippen molar-refractivity contribution in [1.82, 2.24) is 4.90 Å². The predicted octanol–water partition coefficient (Wildman–Crippen LogP) is 5.50. The highest BCUT2D eigenvalue weighted by Gasteiger charge is 2.33. The van der Waals surface area contributed by atoms with E-state index in [0.29, 0.717) is 16.5 Å². The average Bonchev–Trinajstić information content (AvgIpc) is 2.75. The molecule has 3 aromatic carbocycles. The lowest BCUT2D eigenvalue weighted by molar-refractivity contribution is 0.363. The van der Waals surface area contributed by atoms with E-state index in [-0.39, 0.29) is 12.8 Å². The lowest BCUT2D eigenvalue weighted by Gasteiger charge is -2.27. The highest BCUT2D eigenvalue weighted by atomic mass is 32.1. The molecular formula is C22H19N2O3PS. The molecule has 146 valence electrons. The highest BCUT2D eigenvalue weighted by molar-refractivity contribution is 7.80. The maximum absolute atomic E-state index is 13.7. The van der Waals surface area contributed by atoms with E-state index in [0.717, 1.165) is 5.56 Å². The Hall–Kier alpha value is -3.13. The number of nitrogens with zero attached hydrogens (tertiary/aromatic N) is 2. The Morgan fingerprint density at radius 1 is 0.862 bits per heavy atom. The average molecular weight is 422 g/mol. The minimum atomic E-state index is -3.74. The monoisotopic (exact) mass is 422 g/mol. The van der Waals surface area contributed by atoms with E-state index in [9.17, 15) is 9.83 Å². The van der Waals surface area contributed by atoms with E-state index in [1.165, 1.54) is 4.90 Å². The Morgan fingerprint density at radius 3 is 1.76 bits per heavy atom. The first-order valence-corrected chi connectivity index (χ1v) is 11.0. The van der Waals surface area contributed by atoms with E-state index >= 15 is 0 Å². The fourth-order valence-electron chi connectivity index (χ4n) is 2.60. The molecule has 0 bridgehead atoms. The van der Waals surface area contributed by atoms with Crippen LogP contribution in [0, 0.1) is 11.3 Å². The number of hydrogen-bond acceptors (Lipinski definition) is 5. The first-order valence-electron chi connectivity index (χ1n) is 8.89. The van der Waals surface area contributed by atoms with Crippen LogP contribution in [0.15, 0.2) is 91.0 Å². The van der Waals surface area contributed by atoms with Gasteiger partial charge in [-0.2, -0.15) is 5.26 Å². The van der Waals surface area contributed by atoms with Gasteiger partial charge in [-0.1, -0.05) is 78.9 Å². The molecule has 0 saturated heterocycles. The van der Waals surface area contributed by atoms with Gasteiger partial charge in [0, 0.05) is 5.56 Å². The number of para-hydroxylation sites is 2. The van der Waals surface area contributed by atoms with E-state index in [2.05, 4.69) is 6.07 Å². The maximum atomic E-state index is 13.7. The van der Waals surface area contributed by atoms with E-state index < -0.39 is 7.60 Å². The minimum Gasteiger partial charge on any atom is -0.415 e. The Labute approximate surface area is 175 Å². The van der Waals surface area contributed by atoms with E-state index in [1.54, 1.807) is 48.5 Å². The predicted molar refractivity (Wildman–Crippen MR) is 117 cm³/mol. The molecule has 0 heterocycles. The van der Waals surface area contributed by atoms with Gasteiger partial charge in [0.05, 0.1) is 6.07 Å². The summed E-state index contributed by atoms with van der Waals surface area (Å²) in [6.07, 6.45) is -0.169. The third-order valence-corrected chi connectivity index (χ3v) is 6.05. The van der Waals surface area contributed by atoms with Crippen molar-refractivity contribution in [2.45, 2.75) is 0 Å². The zero-order valence-corrected chi connectivity index (χ0v) is 17.3. The Bertz CT molecular complexity index is 979. The second-order valence-corrected chi connectivity index (χ2v) is 8.34. The van der Waals surface area contributed by atoms with Crippen molar-refractivity contribution in [3.05, 3.63) is 96.6 Å². The molecule has 0 radical (unpaired) electrons. The molecular weight excluding hydrogens is 403 g/mol. The third-order valence-electron chi connectivity index (χ3n) is 3.89. The van der Waals surface area contributed by atoms with Crippen LogP contribution in [0.5, 0.6) is 11.5 Å². The summed E-state index contributed by atoms with van der Waals surface area (Å²) in [5.74, 6) is 0.823. The van der Waals surface area contributed by atoms with Crippen molar-refractivity contribution < 1.29 is 13.6 Å². The Kier molecular flexibility index (Phi) is 7.02. The van der Waals surface area contributed by atoms with Crippen LogP contribution in [0.2, 0.25) is 0 Å². The largest absolute Gasteiger partial charge is 0.449 e. The minimum absolute atomic E-state index is 0.0476. The van der Waals surface area contributed by atoms with Crippen molar-refractivity contribution in [3.8, 4) is 17.6 Å². The van der Waals surface area contributed by atoms with Crippen LogP contribution in [-0.2, 0) is 4.57 Å². The molecule has 0 spiro atoms. The summed E-state index contributed by atoms with van der Waals surface area (Å²) < 4.78 is 25.3. The van der Waals surface area contributed by atoms with Crippen molar-refractivity contribution in [2.24, 2.45) is 0 Å². The maximum Gasteiger partial charge on any atom is 0.449 e. The van der Waals surface area contributed by atoms with Crippen LogP contribution in [0.25, 0.3) is 0 Å². The molecule has 0 amide bonds. The molecule has 5 nitrogen and oxygen atoms in total. The van der Waals surface area contributed by atoms with Gasteiger partial charge in [0.1, 0.15) is 29.3 Å². The van der Waals surface area contributed by atoms with E-state index in [4.69, 9.17) is 21.3 Å².